The highest BCUT2D eigenvalue weighted by Gasteiger charge is 2.28. The molecule has 2 heterocycles. The maximum atomic E-state index is 12.4. The van der Waals surface area contributed by atoms with Gasteiger partial charge in [0, 0.05) is 35.5 Å². The third kappa shape index (κ3) is 5.00. The Kier molecular flexibility index (Phi) is 5.72. The minimum Gasteiger partial charge on any atom is -0.484 e. The van der Waals surface area contributed by atoms with Gasteiger partial charge in [-0.05, 0) is 54.1 Å². The fourth-order valence-electron chi connectivity index (χ4n) is 3.33. The van der Waals surface area contributed by atoms with E-state index in [-0.39, 0.29) is 17.1 Å². The second-order valence-electron chi connectivity index (χ2n) is 7.10. The van der Waals surface area contributed by atoms with E-state index in [1.807, 2.05) is 41.1 Å². The molecule has 0 spiro atoms. The van der Waals surface area contributed by atoms with E-state index in [1.54, 1.807) is 18.2 Å². The first-order chi connectivity index (χ1) is 15.3. The van der Waals surface area contributed by atoms with Gasteiger partial charge < -0.3 is 19.7 Å². The number of benzene rings is 2. The number of anilines is 2. The Morgan fingerprint density at radius 2 is 1.94 bits per heavy atom. The van der Waals surface area contributed by atoms with Crippen molar-refractivity contribution in [3.63, 3.8) is 0 Å². The monoisotopic (exact) mass is 441 g/mol. The number of alkyl halides is 3. The zero-order valence-corrected chi connectivity index (χ0v) is 16.6. The lowest BCUT2D eigenvalue weighted by Crippen LogP contribution is -2.19. The molecule has 0 atom stereocenters. The molecule has 0 saturated carbocycles. The van der Waals surface area contributed by atoms with Crippen LogP contribution >= 0.6 is 0 Å². The summed E-state index contributed by atoms with van der Waals surface area (Å²) in [4.78, 5) is 15.5. The maximum Gasteiger partial charge on any atom is 0.422 e. The number of carboxylic acids is 1. The highest BCUT2D eigenvalue weighted by molar-refractivity contribution is 5.94. The molecule has 164 valence electrons. The van der Waals surface area contributed by atoms with Gasteiger partial charge in [-0.25, -0.2) is 9.78 Å². The number of aromatic carboxylic acids is 1. The van der Waals surface area contributed by atoms with E-state index in [4.69, 9.17) is 4.74 Å². The molecule has 0 saturated heterocycles. The molecule has 0 aliphatic carbocycles. The van der Waals surface area contributed by atoms with Gasteiger partial charge in [-0.15, -0.1) is 0 Å². The van der Waals surface area contributed by atoms with E-state index in [9.17, 15) is 23.1 Å². The van der Waals surface area contributed by atoms with E-state index in [0.717, 1.165) is 16.5 Å². The Labute approximate surface area is 180 Å². The van der Waals surface area contributed by atoms with Crippen LogP contribution in [0.5, 0.6) is 5.75 Å². The minimum absolute atomic E-state index is 0.0674. The number of nitrogens with zero attached hydrogens (tertiary/aromatic N) is 2. The van der Waals surface area contributed by atoms with Crippen LogP contribution in [0.25, 0.3) is 10.9 Å². The number of hydrogen-bond acceptors (Lipinski definition) is 4. The van der Waals surface area contributed by atoms with Crippen LogP contribution in [-0.4, -0.2) is 33.4 Å². The van der Waals surface area contributed by atoms with Crippen molar-refractivity contribution in [2.24, 2.45) is 0 Å². The summed E-state index contributed by atoms with van der Waals surface area (Å²) in [6.07, 6.45) is -1.00. The zero-order valence-electron chi connectivity index (χ0n) is 16.6. The van der Waals surface area contributed by atoms with Crippen molar-refractivity contribution < 1.29 is 27.8 Å². The van der Waals surface area contributed by atoms with Crippen LogP contribution in [0.2, 0.25) is 0 Å². The lowest BCUT2D eigenvalue weighted by molar-refractivity contribution is -0.153. The second-order valence-corrected chi connectivity index (χ2v) is 7.10. The summed E-state index contributed by atoms with van der Waals surface area (Å²) in [6.45, 7) is -0.887. The summed E-state index contributed by atoms with van der Waals surface area (Å²) >= 11 is 0. The predicted octanol–water partition coefficient (Wildman–Crippen LogP) is 5.47. The number of carbonyl (C=O) groups is 1. The number of rotatable bonds is 7. The van der Waals surface area contributed by atoms with Crippen molar-refractivity contribution in [2.75, 3.05) is 11.9 Å². The number of aromatic nitrogens is 2. The molecule has 0 unspecified atom stereocenters. The van der Waals surface area contributed by atoms with Crippen molar-refractivity contribution in [1.29, 1.82) is 0 Å². The number of ether oxygens (including phenoxy) is 1. The number of pyridine rings is 1. The van der Waals surface area contributed by atoms with Crippen LogP contribution in [0, 0.1) is 0 Å². The Balaban J connectivity index is 1.52. The van der Waals surface area contributed by atoms with Crippen LogP contribution in [0.4, 0.5) is 24.7 Å². The van der Waals surface area contributed by atoms with Crippen molar-refractivity contribution in [3.8, 4) is 5.75 Å². The van der Waals surface area contributed by atoms with Gasteiger partial charge in [-0.3, -0.25) is 0 Å². The van der Waals surface area contributed by atoms with Gasteiger partial charge in [-0.2, -0.15) is 13.2 Å². The molecule has 2 N–H and O–H groups in total. The van der Waals surface area contributed by atoms with Crippen LogP contribution in [-0.2, 0) is 6.54 Å². The SMILES string of the molecule is O=C(O)c1cccnc1Nc1ccc2c(ccn2Cc2cccc(OCC(F)(F)F)c2)c1. The Hall–Kier alpha value is -4.01. The molecular formula is C23H18F3N3O3. The van der Waals surface area contributed by atoms with E-state index >= 15 is 0 Å². The minimum atomic E-state index is -4.39. The fourth-order valence-corrected chi connectivity index (χ4v) is 3.33. The first-order valence-corrected chi connectivity index (χ1v) is 9.61. The van der Waals surface area contributed by atoms with Gasteiger partial charge in [0.1, 0.15) is 17.1 Å². The van der Waals surface area contributed by atoms with Gasteiger partial charge in [-0.1, -0.05) is 12.1 Å². The molecule has 2 aromatic heterocycles. The van der Waals surface area contributed by atoms with Crippen molar-refractivity contribution in [2.45, 2.75) is 12.7 Å². The van der Waals surface area contributed by atoms with E-state index in [2.05, 4.69) is 10.3 Å². The van der Waals surface area contributed by atoms with E-state index in [1.165, 1.54) is 18.3 Å². The molecule has 4 aromatic rings. The van der Waals surface area contributed by atoms with Gasteiger partial charge >= 0.3 is 12.1 Å². The Bertz CT molecular complexity index is 1270. The fraction of sp³-hybridized carbons (Fsp3) is 0.130. The predicted molar refractivity (Wildman–Crippen MR) is 114 cm³/mol. The first kappa shape index (κ1) is 21.2. The van der Waals surface area contributed by atoms with Gasteiger partial charge in [0.15, 0.2) is 6.61 Å². The van der Waals surface area contributed by atoms with Gasteiger partial charge in [0.05, 0.1) is 0 Å². The lowest BCUT2D eigenvalue weighted by Gasteiger charge is -2.12. The summed E-state index contributed by atoms with van der Waals surface area (Å²) < 4.78 is 43.9. The van der Waals surface area contributed by atoms with Crippen LogP contribution in [0.3, 0.4) is 0 Å². The topological polar surface area (TPSA) is 76.4 Å². The zero-order chi connectivity index (χ0) is 22.7. The third-order valence-corrected chi connectivity index (χ3v) is 4.73. The van der Waals surface area contributed by atoms with E-state index in [0.29, 0.717) is 12.2 Å². The van der Waals surface area contributed by atoms with Gasteiger partial charge in [0.2, 0.25) is 0 Å². The highest BCUT2D eigenvalue weighted by atomic mass is 19.4. The molecule has 0 amide bonds. The largest absolute Gasteiger partial charge is 0.484 e. The standard InChI is InChI=1S/C23H18F3N3O3/c24-23(25,26)14-32-18-4-1-3-15(11-18)13-29-10-8-16-12-17(6-7-20(16)29)28-21-19(22(30)31)5-2-9-27-21/h1-12H,13-14H2,(H,27,28)(H,30,31). The molecule has 0 radical (unpaired) electrons. The average molecular weight is 441 g/mol. The van der Waals surface area contributed by atoms with Crippen LogP contribution in [0.15, 0.2) is 73.1 Å². The molecule has 0 aliphatic heterocycles. The quantitative estimate of drug-likeness (QED) is 0.398. The summed E-state index contributed by atoms with van der Waals surface area (Å²) in [7, 11) is 0. The molecule has 0 bridgehead atoms. The van der Waals surface area contributed by atoms with Crippen LogP contribution in [0.1, 0.15) is 15.9 Å². The smallest absolute Gasteiger partial charge is 0.422 e. The maximum absolute atomic E-state index is 12.4. The summed E-state index contributed by atoms with van der Waals surface area (Å²) in [6, 6.07) is 17.0. The second kappa shape index (κ2) is 8.62. The number of carboxylic acid groups (broad SMARTS) is 1. The molecular weight excluding hydrogens is 423 g/mol. The number of nitrogens with one attached hydrogen (secondary N) is 1. The van der Waals surface area contributed by atoms with Crippen molar-refractivity contribution in [1.82, 2.24) is 9.55 Å². The lowest BCUT2D eigenvalue weighted by atomic mass is 10.2. The molecule has 6 nitrogen and oxygen atoms in total. The van der Waals surface area contributed by atoms with E-state index < -0.39 is 18.8 Å². The van der Waals surface area contributed by atoms with Gasteiger partial charge in [0.25, 0.3) is 0 Å². The molecule has 9 heteroatoms. The van der Waals surface area contributed by atoms with Crippen molar-refractivity contribution >= 4 is 28.4 Å². The normalized spacial score (nSPS) is 11.5. The molecule has 0 fully saturated rings. The van der Waals surface area contributed by atoms with Crippen LogP contribution < -0.4 is 10.1 Å². The highest BCUT2D eigenvalue weighted by Crippen LogP contribution is 2.26. The third-order valence-electron chi connectivity index (χ3n) is 4.73. The first-order valence-electron chi connectivity index (χ1n) is 9.61. The number of hydrogen-bond donors (Lipinski definition) is 2. The Morgan fingerprint density at radius 1 is 1.09 bits per heavy atom. The molecule has 2 aromatic carbocycles. The molecule has 32 heavy (non-hydrogen) atoms. The Morgan fingerprint density at radius 3 is 2.72 bits per heavy atom. The summed E-state index contributed by atoms with van der Waals surface area (Å²) in [5.74, 6) is -0.670. The summed E-state index contributed by atoms with van der Waals surface area (Å²) in [5, 5.41) is 13.2. The van der Waals surface area contributed by atoms with Crippen molar-refractivity contribution in [3.05, 3.63) is 84.2 Å². The summed E-state index contributed by atoms with van der Waals surface area (Å²) in [5.41, 5.74) is 2.46. The molecule has 4 rings (SSSR count). The molecule has 0 aliphatic rings. The number of fused-ring (bicyclic) bond motifs is 1. The average Bonchev–Trinajstić information content (AvgIpc) is 3.14. The number of halogens is 3.